The van der Waals surface area contributed by atoms with Crippen LogP contribution in [-0.2, 0) is 9.47 Å². The minimum atomic E-state index is -0.826. The molecular weight excluding hydrogens is 954 g/mol. The van der Waals surface area contributed by atoms with Crippen LogP contribution in [0, 0.1) is 37.8 Å². The molecule has 2 radical (unpaired) electrons. The second kappa shape index (κ2) is 21.0. The van der Waals surface area contributed by atoms with Crippen LogP contribution in [0.5, 0.6) is 0 Å². The first-order valence-corrected chi connectivity index (χ1v) is 25.5. The minimum absolute atomic E-state index is 0.0111. The van der Waals surface area contributed by atoms with E-state index in [9.17, 15) is 19.7 Å². The second-order valence-electron chi connectivity index (χ2n) is 13.1. The topological polar surface area (TPSA) is 246 Å². The average Bonchev–Trinajstić information content (AvgIpc) is 4.10. The Morgan fingerprint density at radius 2 is 1.13 bits per heavy atom. The van der Waals surface area contributed by atoms with Gasteiger partial charge in [-0.25, -0.2) is 9.59 Å². The number of nitrogens with zero attached hydrogens (tertiary/aromatic N) is 5. The Morgan fingerprint density at radius 3 is 1.53 bits per heavy atom. The zero-order valence-electron chi connectivity index (χ0n) is 34.2. The molecule has 0 bridgehead atoms. The number of halogens is 2. The third kappa shape index (κ3) is 10.4. The van der Waals surface area contributed by atoms with E-state index in [-0.39, 0.29) is 41.0 Å². The van der Waals surface area contributed by atoms with Gasteiger partial charge in [0.1, 0.15) is 16.7 Å². The standard InChI is InChI=1S/C20H15N3O6.C20H17N3O4.C2H6O.2ClH.Sn/c1-10-4-5-11(2)17-14(10)9-16(28-17)19-21-18(22-29-19)13-7-6-12(20(24)27-3)8-15(13)23(25)26;1-10-4-5-11(2)17-14(10)9-16(26-17)19-22-18(23-27-19)13-7-6-12(8-15(13)21)20(24)25-3;1-2-3;;;/h4-9H,1-3H3;4-9H,21H2,1-3H3;3H,2H2,1H3;2*1H;/q;;;;;+2/p-2. The van der Waals surface area contributed by atoms with Crippen molar-refractivity contribution in [2.24, 2.45) is 0 Å². The number of aliphatic hydroxyl groups is 1. The molecule has 0 spiro atoms. The maximum atomic E-state index is 11.7. The first-order chi connectivity index (χ1) is 29.7. The van der Waals surface area contributed by atoms with Crippen LogP contribution in [0.2, 0.25) is 0 Å². The average molecular weight is 992 g/mol. The zero-order valence-corrected chi connectivity index (χ0v) is 38.6. The van der Waals surface area contributed by atoms with Crippen molar-refractivity contribution in [2.45, 2.75) is 34.6 Å². The molecule has 320 valence electrons. The van der Waals surface area contributed by atoms with Gasteiger partial charge in [0.05, 0.1) is 30.3 Å². The Kier molecular flexibility index (Phi) is 15.8. The Balaban J connectivity index is 0.000000208. The van der Waals surface area contributed by atoms with Gasteiger partial charge in [0.25, 0.3) is 17.5 Å². The molecule has 20 heteroatoms. The molecule has 0 saturated heterocycles. The van der Waals surface area contributed by atoms with Crippen LogP contribution in [0.4, 0.5) is 11.4 Å². The fraction of sp³-hybridized carbons (Fsp3) is 0.190. The molecule has 0 aliphatic rings. The number of ether oxygens (including phenoxy) is 2. The molecule has 62 heavy (non-hydrogen) atoms. The Labute approximate surface area is 370 Å². The molecule has 0 atom stereocenters. The number of nitrogen functional groups attached to an aromatic ring is 1. The molecule has 3 N–H and O–H groups in total. The van der Waals surface area contributed by atoms with Crippen LogP contribution in [0.1, 0.15) is 49.9 Å². The van der Waals surface area contributed by atoms with Crippen LogP contribution in [-0.4, -0.2) is 82.0 Å². The van der Waals surface area contributed by atoms with Crippen molar-refractivity contribution in [3.05, 3.63) is 116 Å². The quantitative estimate of drug-likeness (QED) is 0.0496. The first-order valence-electron chi connectivity index (χ1n) is 18.3. The number of hydrogen-bond donors (Lipinski definition) is 2. The number of carbonyl (C=O) groups excluding carboxylic acids is 2. The molecule has 4 aromatic carbocycles. The van der Waals surface area contributed by atoms with Gasteiger partial charge in [0.2, 0.25) is 11.6 Å². The maximum absolute atomic E-state index is 11.7. The number of esters is 2. The fourth-order valence-corrected chi connectivity index (χ4v) is 5.99. The molecule has 0 fully saturated rings. The number of fused-ring (bicyclic) bond motifs is 2. The third-order valence-electron chi connectivity index (χ3n) is 9.04. The SMILES string of the molecule is CCO.COC(=O)c1ccc(-c2noc(-c3cc4c(C)ccc(C)c4o3)n2)c(N)c1.COC(=O)c1ccc(-c2noc(-c3cc4c(C)ccc(C)c4o3)n2)c([N+](=O)[O-])c1.[Cl][Sn][Cl]. The number of carbonyl (C=O) groups is 2. The van der Waals surface area contributed by atoms with Crippen molar-refractivity contribution >= 4 is 82.0 Å². The van der Waals surface area contributed by atoms with E-state index in [0.717, 1.165) is 44.7 Å². The molecule has 0 saturated carbocycles. The summed E-state index contributed by atoms with van der Waals surface area (Å²) in [6.07, 6.45) is 0. The molecule has 4 heterocycles. The van der Waals surface area contributed by atoms with Crippen LogP contribution >= 0.6 is 17.8 Å². The Morgan fingerprint density at radius 1 is 0.726 bits per heavy atom. The van der Waals surface area contributed by atoms with E-state index < -0.39 is 35.8 Å². The van der Waals surface area contributed by atoms with Gasteiger partial charge < -0.3 is 38.2 Å². The van der Waals surface area contributed by atoms with E-state index >= 15 is 0 Å². The van der Waals surface area contributed by atoms with Crippen LogP contribution in [0.3, 0.4) is 0 Å². The third-order valence-corrected chi connectivity index (χ3v) is 9.04. The van der Waals surface area contributed by atoms with Crippen LogP contribution in [0.25, 0.3) is 68.0 Å². The van der Waals surface area contributed by atoms with Crippen molar-refractivity contribution < 1.29 is 47.0 Å². The van der Waals surface area contributed by atoms with Gasteiger partial charge in [0.15, 0.2) is 11.5 Å². The number of methoxy groups -OCH3 is 2. The van der Waals surface area contributed by atoms with Gasteiger partial charge in [-0.2, -0.15) is 9.97 Å². The predicted octanol–water partition coefficient (Wildman–Crippen LogP) is 9.59. The first kappa shape index (κ1) is 46.8. The summed E-state index contributed by atoms with van der Waals surface area (Å²) < 4.78 is 31.7. The number of benzene rings is 4. The molecule has 0 amide bonds. The number of nitrogens with two attached hydrogens (primary N) is 1. The van der Waals surface area contributed by atoms with Gasteiger partial charge >= 0.3 is 48.7 Å². The Hall–Kier alpha value is -6.28. The van der Waals surface area contributed by atoms with Gasteiger partial charge in [-0.3, -0.25) is 10.1 Å². The summed E-state index contributed by atoms with van der Waals surface area (Å²) in [5.74, 6) is 0.398. The van der Waals surface area contributed by atoms with Crippen molar-refractivity contribution in [3.63, 3.8) is 0 Å². The molecular formula is C42H38Cl2N6O11Sn. The van der Waals surface area contributed by atoms with E-state index in [1.807, 2.05) is 58.0 Å². The fourth-order valence-electron chi connectivity index (χ4n) is 5.99. The molecule has 8 rings (SSSR count). The van der Waals surface area contributed by atoms with Gasteiger partial charge in [-0.1, -0.05) is 34.6 Å². The van der Waals surface area contributed by atoms with Crippen molar-refractivity contribution in [1.29, 1.82) is 0 Å². The monoisotopic (exact) mass is 992 g/mol. The molecule has 0 aliphatic carbocycles. The Bertz CT molecular complexity index is 2810. The summed E-state index contributed by atoms with van der Waals surface area (Å²) in [7, 11) is 12.4. The number of hydrogen-bond acceptors (Lipinski definition) is 16. The number of anilines is 1. The number of nitro groups is 1. The number of aliphatic hydroxyl groups excluding tert-OH is 1. The van der Waals surface area contributed by atoms with Crippen molar-refractivity contribution in [2.75, 3.05) is 26.6 Å². The van der Waals surface area contributed by atoms with Gasteiger partial charge in [-0.15, -0.1) is 0 Å². The number of rotatable bonds is 7. The number of nitro benzene ring substituents is 1. The molecule has 0 aliphatic heterocycles. The summed E-state index contributed by atoms with van der Waals surface area (Å²) in [6.45, 7) is 9.83. The molecule has 8 aromatic rings. The summed E-state index contributed by atoms with van der Waals surface area (Å²) in [5.41, 5.74) is 12.8. The van der Waals surface area contributed by atoms with Crippen molar-refractivity contribution in [3.8, 4) is 46.1 Å². The van der Waals surface area contributed by atoms with E-state index in [0.29, 0.717) is 39.7 Å². The molecule has 4 aromatic heterocycles. The zero-order chi connectivity index (χ0) is 45.2. The summed E-state index contributed by atoms with van der Waals surface area (Å²) in [4.78, 5) is 42.8. The number of aryl methyl sites for hydroxylation is 4. The number of furan rings is 2. The van der Waals surface area contributed by atoms with Gasteiger partial charge in [0, 0.05) is 34.7 Å². The second-order valence-corrected chi connectivity index (χ2v) is 17.4. The molecule has 17 nitrogen and oxygen atoms in total. The van der Waals surface area contributed by atoms with E-state index in [1.54, 1.807) is 25.1 Å². The van der Waals surface area contributed by atoms with Crippen LogP contribution in [0.15, 0.2) is 90.7 Å². The van der Waals surface area contributed by atoms with E-state index in [2.05, 4.69) is 25.0 Å². The normalized spacial score (nSPS) is 10.5. The van der Waals surface area contributed by atoms with E-state index in [4.69, 9.17) is 51.3 Å². The van der Waals surface area contributed by atoms with Crippen LogP contribution < -0.4 is 5.73 Å². The number of aromatic nitrogens is 4. The summed E-state index contributed by atoms with van der Waals surface area (Å²) in [5, 5.41) is 28.8. The van der Waals surface area contributed by atoms with Crippen molar-refractivity contribution in [1.82, 2.24) is 20.3 Å². The summed E-state index contributed by atoms with van der Waals surface area (Å²) >= 11 is -0.826. The van der Waals surface area contributed by atoms with E-state index in [1.165, 1.54) is 32.4 Å². The predicted molar refractivity (Wildman–Crippen MR) is 233 cm³/mol. The summed E-state index contributed by atoms with van der Waals surface area (Å²) in [6, 6.07) is 20.3. The van der Waals surface area contributed by atoms with Gasteiger partial charge in [-0.05, 0) is 99.3 Å². The molecule has 0 unspecified atom stereocenters.